The van der Waals surface area contributed by atoms with Crippen molar-refractivity contribution in [2.45, 2.75) is 13.8 Å². The highest BCUT2D eigenvalue weighted by Crippen LogP contribution is 2.00. The molecule has 0 atom stereocenters. The minimum absolute atomic E-state index is 0.514. The van der Waals surface area contributed by atoms with Crippen LogP contribution < -0.4 is 0 Å². The first kappa shape index (κ1) is 10.5. The zero-order valence-corrected chi connectivity index (χ0v) is 8.60. The highest BCUT2D eigenvalue weighted by molar-refractivity contribution is 5.78. The van der Waals surface area contributed by atoms with Crippen molar-refractivity contribution in [3.63, 3.8) is 0 Å². The third-order valence-electron chi connectivity index (χ3n) is 1.53. The van der Waals surface area contributed by atoms with Gasteiger partial charge in [0.15, 0.2) is 0 Å². The van der Waals surface area contributed by atoms with Gasteiger partial charge in [0.2, 0.25) is 0 Å². The molecule has 0 amide bonds. The molecular formula is C12H15NO. The Morgan fingerprint density at radius 3 is 2.64 bits per heavy atom. The summed E-state index contributed by atoms with van der Waals surface area (Å²) in [4.78, 5) is 5.02. The first-order valence-electron chi connectivity index (χ1n) is 4.64. The van der Waals surface area contributed by atoms with Crippen LogP contribution in [-0.2, 0) is 4.84 Å². The molecule has 0 heterocycles. The van der Waals surface area contributed by atoms with Crippen LogP contribution in [0.4, 0.5) is 0 Å². The number of benzene rings is 1. The van der Waals surface area contributed by atoms with Crippen molar-refractivity contribution in [1.82, 2.24) is 0 Å². The molecule has 0 bridgehead atoms. The van der Waals surface area contributed by atoms with Crippen LogP contribution in [0.2, 0.25) is 0 Å². The van der Waals surface area contributed by atoms with Gasteiger partial charge in [-0.15, -0.1) is 0 Å². The van der Waals surface area contributed by atoms with Gasteiger partial charge in [0.25, 0.3) is 0 Å². The lowest BCUT2D eigenvalue weighted by Gasteiger charge is -1.94. The van der Waals surface area contributed by atoms with Crippen LogP contribution in [0.5, 0.6) is 0 Å². The van der Waals surface area contributed by atoms with Gasteiger partial charge in [-0.05, 0) is 25.5 Å². The van der Waals surface area contributed by atoms with Crippen LogP contribution in [0.15, 0.2) is 41.6 Å². The predicted molar refractivity (Wildman–Crippen MR) is 60.2 cm³/mol. The molecule has 0 N–H and O–H groups in total. The summed E-state index contributed by atoms with van der Waals surface area (Å²) in [6.45, 7) is 4.32. The fourth-order valence-electron chi connectivity index (χ4n) is 0.958. The second kappa shape index (κ2) is 5.97. The van der Waals surface area contributed by atoms with E-state index in [1.54, 1.807) is 0 Å². The van der Waals surface area contributed by atoms with E-state index in [9.17, 15) is 0 Å². The molecule has 0 spiro atoms. The molecule has 2 nitrogen and oxygen atoms in total. The largest absolute Gasteiger partial charge is 0.392 e. The summed E-state index contributed by atoms with van der Waals surface area (Å²) in [6, 6.07) is 10.1. The fourth-order valence-corrected chi connectivity index (χ4v) is 0.958. The van der Waals surface area contributed by atoms with E-state index in [2.05, 4.69) is 5.16 Å². The van der Waals surface area contributed by atoms with Crippen molar-refractivity contribution in [1.29, 1.82) is 0 Å². The normalized spacial score (nSPS) is 10.1. The summed E-state index contributed by atoms with van der Waals surface area (Å²) < 4.78 is 0. The van der Waals surface area contributed by atoms with Crippen molar-refractivity contribution < 1.29 is 4.84 Å². The van der Waals surface area contributed by atoms with Crippen LogP contribution in [-0.4, -0.2) is 12.3 Å². The molecule has 0 radical (unpaired) electrons. The molecule has 14 heavy (non-hydrogen) atoms. The van der Waals surface area contributed by atoms with Gasteiger partial charge in [0, 0.05) is 0 Å². The van der Waals surface area contributed by atoms with Gasteiger partial charge >= 0.3 is 0 Å². The molecule has 1 aromatic rings. The van der Waals surface area contributed by atoms with Gasteiger partial charge in [-0.2, -0.15) is 0 Å². The van der Waals surface area contributed by atoms with Crippen molar-refractivity contribution in [2.24, 2.45) is 5.16 Å². The standard InChI is InChI=1S/C12H15NO/c1-11(2)13-14-10-6-9-12-7-4-3-5-8-12/h3-9H,10H2,1-2H3/b9-6+. The quantitative estimate of drug-likeness (QED) is 0.405. The lowest BCUT2D eigenvalue weighted by atomic mass is 10.2. The van der Waals surface area contributed by atoms with E-state index in [1.165, 1.54) is 5.56 Å². The number of hydrogen-bond donors (Lipinski definition) is 0. The average Bonchev–Trinajstić information content (AvgIpc) is 2.18. The molecule has 74 valence electrons. The van der Waals surface area contributed by atoms with E-state index in [0.717, 1.165) is 5.71 Å². The summed E-state index contributed by atoms with van der Waals surface area (Å²) in [5.74, 6) is 0. The summed E-state index contributed by atoms with van der Waals surface area (Å²) in [7, 11) is 0. The van der Waals surface area contributed by atoms with Crippen LogP contribution in [0, 0.1) is 0 Å². The van der Waals surface area contributed by atoms with E-state index in [-0.39, 0.29) is 0 Å². The molecular weight excluding hydrogens is 174 g/mol. The Balaban J connectivity index is 2.32. The zero-order chi connectivity index (χ0) is 10.2. The Morgan fingerprint density at radius 1 is 1.29 bits per heavy atom. The van der Waals surface area contributed by atoms with Gasteiger partial charge < -0.3 is 4.84 Å². The third-order valence-corrected chi connectivity index (χ3v) is 1.53. The molecule has 0 saturated heterocycles. The lowest BCUT2D eigenvalue weighted by Crippen LogP contribution is -1.86. The molecule has 1 rings (SSSR count). The molecule has 0 aromatic heterocycles. The van der Waals surface area contributed by atoms with Crippen LogP contribution in [0.3, 0.4) is 0 Å². The molecule has 2 heteroatoms. The molecule has 0 aliphatic carbocycles. The minimum Gasteiger partial charge on any atom is -0.392 e. The maximum Gasteiger partial charge on any atom is 0.135 e. The Kier molecular flexibility index (Phi) is 4.48. The van der Waals surface area contributed by atoms with Crippen molar-refractivity contribution in [2.75, 3.05) is 6.61 Å². The number of nitrogens with zero attached hydrogens (tertiary/aromatic N) is 1. The highest BCUT2D eigenvalue weighted by atomic mass is 16.6. The zero-order valence-electron chi connectivity index (χ0n) is 8.60. The van der Waals surface area contributed by atoms with Gasteiger partial charge in [-0.25, -0.2) is 0 Å². The molecule has 0 saturated carbocycles. The second-order valence-corrected chi connectivity index (χ2v) is 3.15. The summed E-state index contributed by atoms with van der Waals surface area (Å²) >= 11 is 0. The number of oxime groups is 1. The van der Waals surface area contributed by atoms with Gasteiger partial charge in [-0.1, -0.05) is 41.6 Å². The van der Waals surface area contributed by atoms with E-state index in [0.29, 0.717) is 6.61 Å². The van der Waals surface area contributed by atoms with E-state index in [4.69, 9.17) is 4.84 Å². The first-order chi connectivity index (χ1) is 6.79. The molecule has 0 fully saturated rings. The number of rotatable bonds is 4. The highest BCUT2D eigenvalue weighted by Gasteiger charge is 1.82. The van der Waals surface area contributed by atoms with Crippen LogP contribution in [0.25, 0.3) is 6.08 Å². The van der Waals surface area contributed by atoms with Crippen LogP contribution >= 0.6 is 0 Å². The Labute approximate surface area is 84.9 Å². The minimum atomic E-state index is 0.514. The SMILES string of the molecule is CC(C)=NOC/C=C/c1ccccc1. The monoisotopic (exact) mass is 189 g/mol. The van der Waals surface area contributed by atoms with Gasteiger partial charge in [-0.3, -0.25) is 0 Å². The Morgan fingerprint density at radius 2 is 2.00 bits per heavy atom. The summed E-state index contributed by atoms with van der Waals surface area (Å²) in [6.07, 6.45) is 3.96. The maximum atomic E-state index is 5.02. The number of hydrogen-bond acceptors (Lipinski definition) is 2. The van der Waals surface area contributed by atoms with Crippen LogP contribution in [0.1, 0.15) is 19.4 Å². The van der Waals surface area contributed by atoms with E-state index >= 15 is 0 Å². The summed E-state index contributed by atoms with van der Waals surface area (Å²) in [5.41, 5.74) is 2.10. The van der Waals surface area contributed by atoms with Crippen molar-refractivity contribution >= 4 is 11.8 Å². The van der Waals surface area contributed by atoms with E-state index < -0.39 is 0 Å². The van der Waals surface area contributed by atoms with Gasteiger partial charge in [0.05, 0.1) is 5.71 Å². The maximum absolute atomic E-state index is 5.02. The molecule has 0 aliphatic rings. The Bertz CT molecular complexity index is 310. The molecule has 0 unspecified atom stereocenters. The lowest BCUT2D eigenvalue weighted by molar-refractivity contribution is 0.174. The van der Waals surface area contributed by atoms with Crippen molar-refractivity contribution in [3.05, 3.63) is 42.0 Å². The Hall–Kier alpha value is -1.57. The molecule has 1 aromatic carbocycles. The molecule has 0 aliphatic heterocycles. The first-order valence-corrected chi connectivity index (χ1v) is 4.64. The van der Waals surface area contributed by atoms with Gasteiger partial charge in [0.1, 0.15) is 6.61 Å². The second-order valence-electron chi connectivity index (χ2n) is 3.15. The fraction of sp³-hybridized carbons (Fsp3) is 0.250. The predicted octanol–water partition coefficient (Wildman–Crippen LogP) is 3.11. The smallest absolute Gasteiger partial charge is 0.135 e. The summed E-state index contributed by atoms with van der Waals surface area (Å²) in [5, 5.41) is 3.82. The average molecular weight is 189 g/mol. The topological polar surface area (TPSA) is 21.6 Å². The third kappa shape index (κ3) is 4.45. The van der Waals surface area contributed by atoms with Crippen molar-refractivity contribution in [3.8, 4) is 0 Å². The van der Waals surface area contributed by atoms with E-state index in [1.807, 2.05) is 56.3 Å².